The second-order valence-corrected chi connectivity index (χ2v) is 6.28. The van der Waals surface area contributed by atoms with Gasteiger partial charge in [0, 0.05) is 31.3 Å². The Morgan fingerprint density at radius 2 is 2.08 bits per heavy atom. The molecule has 3 heterocycles. The van der Waals surface area contributed by atoms with Crippen molar-refractivity contribution in [3.63, 3.8) is 0 Å². The van der Waals surface area contributed by atoms with Gasteiger partial charge in [-0.3, -0.25) is 4.79 Å². The standard InChI is InChI=1S/C19H19N3O2/c23-18(16-7-11-20-14-21-16)22-12-3-8-19(10-13-22)9-6-15-4-1-2-5-17(15)24-19/h1-2,4-7,9,11,14H,3,8,10,12-13H2. The molecule has 5 heteroatoms. The second-order valence-electron chi connectivity index (χ2n) is 6.28. The first-order valence-corrected chi connectivity index (χ1v) is 8.28. The number of hydrogen-bond donors (Lipinski definition) is 0. The van der Waals surface area contributed by atoms with E-state index in [9.17, 15) is 4.79 Å². The van der Waals surface area contributed by atoms with Gasteiger partial charge in [0.05, 0.1) is 0 Å². The van der Waals surface area contributed by atoms with E-state index in [0.29, 0.717) is 12.2 Å². The maximum Gasteiger partial charge on any atom is 0.272 e. The number of para-hydroxylation sites is 1. The van der Waals surface area contributed by atoms with Crippen molar-refractivity contribution in [3.05, 3.63) is 60.2 Å². The molecule has 0 saturated carbocycles. The molecular formula is C19H19N3O2. The molecule has 2 aliphatic heterocycles. The molecule has 1 atom stereocenters. The van der Waals surface area contributed by atoms with Crippen LogP contribution in [-0.4, -0.2) is 39.5 Å². The molecule has 122 valence electrons. The lowest BCUT2D eigenvalue weighted by molar-refractivity contribution is 0.0724. The summed E-state index contributed by atoms with van der Waals surface area (Å²) in [5, 5.41) is 0. The number of carbonyl (C=O) groups is 1. The minimum Gasteiger partial charge on any atom is -0.483 e. The van der Waals surface area contributed by atoms with E-state index < -0.39 is 0 Å². The molecule has 1 amide bonds. The third kappa shape index (κ3) is 2.77. The number of fused-ring (bicyclic) bond motifs is 1. The average Bonchev–Trinajstić information content (AvgIpc) is 2.84. The molecule has 1 saturated heterocycles. The number of benzene rings is 1. The first-order chi connectivity index (χ1) is 11.8. The molecular weight excluding hydrogens is 302 g/mol. The zero-order valence-electron chi connectivity index (χ0n) is 13.4. The zero-order valence-corrected chi connectivity index (χ0v) is 13.4. The van der Waals surface area contributed by atoms with E-state index >= 15 is 0 Å². The summed E-state index contributed by atoms with van der Waals surface area (Å²) < 4.78 is 6.32. The van der Waals surface area contributed by atoms with Crippen molar-refractivity contribution >= 4 is 12.0 Å². The minimum absolute atomic E-state index is 0.0327. The highest BCUT2D eigenvalue weighted by molar-refractivity contribution is 5.92. The van der Waals surface area contributed by atoms with Crippen LogP contribution in [0.5, 0.6) is 5.75 Å². The van der Waals surface area contributed by atoms with Gasteiger partial charge in [0.1, 0.15) is 23.4 Å². The molecule has 5 nitrogen and oxygen atoms in total. The van der Waals surface area contributed by atoms with Crippen molar-refractivity contribution in [2.75, 3.05) is 13.1 Å². The van der Waals surface area contributed by atoms with Crippen molar-refractivity contribution in [2.24, 2.45) is 0 Å². The first-order valence-electron chi connectivity index (χ1n) is 8.28. The van der Waals surface area contributed by atoms with Crippen molar-refractivity contribution in [1.82, 2.24) is 14.9 Å². The highest BCUT2D eigenvalue weighted by Crippen LogP contribution is 2.37. The summed E-state index contributed by atoms with van der Waals surface area (Å²) in [5.41, 5.74) is 1.25. The van der Waals surface area contributed by atoms with E-state index in [2.05, 4.69) is 28.2 Å². The van der Waals surface area contributed by atoms with Crippen LogP contribution in [0.2, 0.25) is 0 Å². The summed E-state index contributed by atoms with van der Waals surface area (Å²) in [6.45, 7) is 1.39. The van der Waals surface area contributed by atoms with E-state index in [1.807, 2.05) is 23.1 Å². The summed E-state index contributed by atoms with van der Waals surface area (Å²) in [6, 6.07) is 9.74. The molecule has 2 aliphatic rings. The molecule has 4 rings (SSSR count). The molecule has 1 fully saturated rings. The van der Waals surface area contributed by atoms with Gasteiger partial charge in [-0.2, -0.15) is 0 Å². The molecule has 0 bridgehead atoms. The van der Waals surface area contributed by atoms with Gasteiger partial charge in [-0.1, -0.05) is 24.3 Å². The number of amides is 1. The Hall–Kier alpha value is -2.69. The monoisotopic (exact) mass is 321 g/mol. The van der Waals surface area contributed by atoms with E-state index in [4.69, 9.17) is 4.74 Å². The van der Waals surface area contributed by atoms with Gasteiger partial charge in [-0.25, -0.2) is 9.97 Å². The van der Waals surface area contributed by atoms with Gasteiger partial charge in [-0.05, 0) is 31.1 Å². The fraction of sp³-hybridized carbons (Fsp3) is 0.316. The van der Waals surface area contributed by atoms with E-state index in [1.54, 1.807) is 12.3 Å². The van der Waals surface area contributed by atoms with Gasteiger partial charge < -0.3 is 9.64 Å². The lowest BCUT2D eigenvalue weighted by atomic mass is 9.91. The third-order valence-electron chi connectivity index (χ3n) is 4.72. The highest BCUT2D eigenvalue weighted by atomic mass is 16.5. The predicted molar refractivity (Wildman–Crippen MR) is 90.6 cm³/mol. The smallest absolute Gasteiger partial charge is 0.272 e. The topological polar surface area (TPSA) is 55.3 Å². The van der Waals surface area contributed by atoms with Crippen LogP contribution in [0, 0.1) is 0 Å². The fourth-order valence-electron chi connectivity index (χ4n) is 3.39. The van der Waals surface area contributed by atoms with Crippen molar-refractivity contribution in [1.29, 1.82) is 0 Å². The van der Waals surface area contributed by atoms with Crippen molar-refractivity contribution in [2.45, 2.75) is 24.9 Å². The molecule has 0 aliphatic carbocycles. The van der Waals surface area contributed by atoms with Crippen LogP contribution in [0.15, 0.2) is 48.9 Å². The average molecular weight is 321 g/mol. The number of aromatic nitrogens is 2. The summed E-state index contributed by atoms with van der Waals surface area (Å²) >= 11 is 0. The number of rotatable bonds is 1. The molecule has 1 aromatic carbocycles. The van der Waals surface area contributed by atoms with Gasteiger partial charge in [0.15, 0.2) is 0 Å². The summed E-state index contributed by atoms with van der Waals surface area (Å²) in [7, 11) is 0. The Balaban J connectivity index is 1.50. The fourth-order valence-corrected chi connectivity index (χ4v) is 3.39. The predicted octanol–water partition coefficient (Wildman–Crippen LogP) is 2.95. The quantitative estimate of drug-likeness (QED) is 0.810. The van der Waals surface area contributed by atoms with Crippen LogP contribution in [-0.2, 0) is 0 Å². The van der Waals surface area contributed by atoms with E-state index in [1.165, 1.54) is 6.33 Å². The Bertz CT molecular complexity index is 775. The van der Waals surface area contributed by atoms with Gasteiger partial charge in [0.25, 0.3) is 5.91 Å². The van der Waals surface area contributed by atoms with Gasteiger partial charge >= 0.3 is 0 Å². The summed E-state index contributed by atoms with van der Waals surface area (Å²) in [4.78, 5) is 22.4. The van der Waals surface area contributed by atoms with Crippen LogP contribution < -0.4 is 4.74 Å². The Morgan fingerprint density at radius 1 is 1.17 bits per heavy atom. The molecule has 1 spiro atoms. The van der Waals surface area contributed by atoms with E-state index in [0.717, 1.165) is 37.1 Å². The maximum absolute atomic E-state index is 12.6. The first kappa shape index (κ1) is 14.9. The normalized spacial score (nSPS) is 22.6. The second kappa shape index (κ2) is 6.07. The zero-order chi connectivity index (χ0) is 16.4. The molecule has 0 radical (unpaired) electrons. The molecule has 1 unspecified atom stereocenters. The molecule has 24 heavy (non-hydrogen) atoms. The number of likely N-dealkylation sites (tertiary alicyclic amines) is 1. The Labute approximate surface area is 141 Å². The Morgan fingerprint density at radius 3 is 2.96 bits per heavy atom. The lowest BCUT2D eigenvalue weighted by Crippen LogP contribution is -2.38. The van der Waals surface area contributed by atoms with Gasteiger partial charge in [0.2, 0.25) is 0 Å². The van der Waals surface area contributed by atoms with Crippen molar-refractivity contribution in [3.8, 4) is 5.75 Å². The SMILES string of the molecule is O=C(c1ccncn1)N1CCCC2(C=Cc3ccccc3O2)CC1. The molecule has 2 aromatic rings. The number of hydrogen-bond acceptors (Lipinski definition) is 4. The minimum atomic E-state index is -0.310. The number of carbonyl (C=O) groups excluding carboxylic acids is 1. The van der Waals surface area contributed by atoms with E-state index in [-0.39, 0.29) is 11.5 Å². The molecule has 1 aromatic heterocycles. The number of ether oxygens (including phenoxy) is 1. The van der Waals surface area contributed by atoms with Crippen LogP contribution in [0.25, 0.3) is 6.08 Å². The van der Waals surface area contributed by atoms with Crippen molar-refractivity contribution < 1.29 is 9.53 Å². The van der Waals surface area contributed by atoms with Crippen LogP contribution >= 0.6 is 0 Å². The lowest BCUT2D eigenvalue weighted by Gasteiger charge is -2.34. The largest absolute Gasteiger partial charge is 0.483 e. The maximum atomic E-state index is 12.6. The number of nitrogens with zero attached hydrogens (tertiary/aromatic N) is 3. The molecule has 0 N–H and O–H groups in total. The van der Waals surface area contributed by atoms with Crippen LogP contribution in [0.4, 0.5) is 0 Å². The Kier molecular flexibility index (Phi) is 3.76. The van der Waals surface area contributed by atoms with Crippen LogP contribution in [0.1, 0.15) is 35.3 Å². The highest BCUT2D eigenvalue weighted by Gasteiger charge is 2.36. The summed E-state index contributed by atoms with van der Waals surface area (Å²) in [6.07, 6.45) is 9.91. The van der Waals surface area contributed by atoms with Gasteiger partial charge in [-0.15, -0.1) is 0 Å². The summed E-state index contributed by atoms with van der Waals surface area (Å²) in [5.74, 6) is 0.894. The third-order valence-corrected chi connectivity index (χ3v) is 4.72. The van der Waals surface area contributed by atoms with Crippen LogP contribution in [0.3, 0.4) is 0 Å².